The van der Waals surface area contributed by atoms with Crippen molar-refractivity contribution < 1.29 is 18.7 Å². The van der Waals surface area contributed by atoms with Gasteiger partial charge < -0.3 is 20.7 Å². The lowest BCUT2D eigenvalue weighted by atomic mass is 9.91. The summed E-state index contributed by atoms with van der Waals surface area (Å²) < 4.78 is 22.3. The largest absolute Gasteiger partial charge is 0.480 e. The number of ether oxygens (including phenoxy) is 1. The summed E-state index contributed by atoms with van der Waals surface area (Å²) in [6.45, 7) is 2.35. The standard InChI is InChI=1S/C25H31FN8O3S/c1-12-6-15(12)22(35)30-24-21(23(36)27-10-13-7-17(13)26)16-8-14(4-5-18(16)38-24)34-11-28-31-25(34)29-19-9-20(37-3)32-33(19)2/h9,11-15,17H,4-8,10H2,1-3H3,(H,27,36)(H,29,31)(H,30,35)/t12-,13+,14?,15-,17-/m0/s1. The molecular weight excluding hydrogens is 511 g/mol. The lowest BCUT2D eigenvalue weighted by molar-refractivity contribution is -0.117. The Labute approximate surface area is 223 Å². The van der Waals surface area contributed by atoms with Crippen molar-refractivity contribution in [3.05, 3.63) is 28.4 Å². The zero-order valence-corrected chi connectivity index (χ0v) is 22.3. The molecule has 1 unspecified atom stereocenters. The van der Waals surface area contributed by atoms with E-state index < -0.39 is 6.17 Å². The van der Waals surface area contributed by atoms with Crippen molar-refractivity contribution in [1.82, 2.24) is 29.9 Å². The Balaban J connectivity index is 1.26. The van der Waals surface area contributed by atoms with E-state index in [2.05, 4.69) is 38.2 Å². The summed E-state index contributed by atoms with van der Waals surface area (Å²) in [5, 5.41) is 22.5. The fourth-order valence-electron chi connectivity index (χ4n) is 5.13. The first-order valence-corrected chi connectivity index (χ1v) is 13.8. The molecule has 38 heavy (non-hydrogen) atoms. The zero-order valence-electron chi connectivity index (χ0n) is 21.5. The minimum absolute atomic E-state index is 0.00179. The first-order chi connectivity index (χ1) is 18.3. The molecule has 2 amide bonds. The van der Waals surface area contributed by atoms with Crippen LogP contribution in [0.2, 0.25) is 0 Å². The molecule has 0 spiro atoms. The van der Waals surface area contributed by atoms with Gasteiger partial charge in [0, 0.05) is 42.4 Å². The van der Waals surface area contributed by atoms with E-state index in [1.165, 1.54) is 11.3 Å². The van der Waals surface area contributed by atoms with Crippen molar-refractivity contribution in [1.29, 1.82) is 0 Å². The Morgan fingerprint density at radius 1 is 1.32 bits per heavy atom. The Morgan fingerprint density at radius 2 is 2.11 bits per heavy atom. The smallest absolute Gasteiger partial charge is 0.254 e. The van der Waals surface area contributed by atoms with Crippen LogP contribution in [0.1, 0.15) is 53.0 Å². The fraction of sp³-hybridized carbons (Fsp3) is 0.560. The number of alkyl halides is 1. The molecule has 3 heterocycles. The number of anilines is 3. The Morgan fingerprint density at radius 3 is 2.79 bits per heavy atom. The molecule has 0 saturated heterocycles. The number of aryl methyl sites for hydroxylation is 2. The maximum Gasteiger partial charge on any atom is 0.254 e. The SMILES string of the molecule is COc1cc(Nc2nncn2C2CCc3sc(NC(=O)[C@H]4C[C@@H]4C)c(C(=O)NC[C@H]4C[C@@H]4F)c3C2)n(C)n1. The Hall–Kier alpha value is -3.48. The topological polar surface area (TPSA) is 128 Å². The van der Waals surface area contributed by atoms with Gasteiger partial charge in [-0.15, -0.1) is 26.6 Å². The molecule has 3 aromatic heterocycles. The van der Waals surface area contributed by atoms with Crippen LogP contribution >= 0.6 is 11.3 Å². The maximum atomic E-state index is 13.4. The minimum atomic E-state index is -0.842. The third kappa shape index (κ3) is 4.74. The second kappa shape index (κ2) is 9.68. The highest BCUT2D eigenvalue weighted by Gasteiger charge is 2.41. The molecule has 3 N–H and O–H groups in total. The van der Waals surface area contributed by atoms with E-state index in [0.717, 1.165) is 29.7 Å². The molecule has 2 fully saturated rings. The van der Waals surface area contributed by atoms with Gasteiger partial charge in [0.2, 0.25) is 17.7 Å². The molecule has 3 aliphatic rings. The molecular formula is C25H31FN8O3S. The highest BCUT2D eigenvalue weighted by atomic mass is 32.1. The summed E-state index contributed by atoms with van der Waals surface area (Å²) in [5.41, 5.74) is 1.43. The number of aromatic nitrogens is 5. The molecule has 0 radical (unpaired) electrons. The van der Waals surface area contributed by atoms with Crippen LogP contribution in [-0.2, 0) is 24.7 Å². The number of halogens is 1. The maximum absolute atomic E-state index is 13.4. The second-order valence-electron chi connectivity index (χ2n) is 10.5. The van der Waals surface area contributed by atoms with Gasteiger partial charge in [0.15, 0.2) is 0 Å². The van der Waals surface area contributed by atoms with Gasteiger partial charge in [-0.25, -0.2) is 9.07 Å². The zero-order chi connectivity index (χ0) is 26.6. The quantitative estimate of drug-likeness (QED) is 0.379. The van der Waals surface area contributed by atoms with Crippen molar-refractivity contribution >= 4 is 39.9 Å². The van der Waals surface area contributed by atoms with Crippen molar-refractivity contribution in [3.63, 3.8) is 0 Å². The molecule has 3 aliphatic carbocycles. The van der Waals surface area contributed by atoms with Crippen molar-refractivity contribution in [2.45, 2.75) is 51.2 Å². The van der Waals surface area contributed by atoms with E-state index >= 15 is 0 Å². The molecule has 6 rings (SSSR count). The lowest BCUT2D eigenvalue weighted by Gasteiger charge is -2.25. The highest BCUT2D eigenvalue weighted by Crippen LogP contribution is 2.44. The molecule has 2 saturated carbocycles. The summed E-state index contributed by atoms with van der Waals surface area (Å²) in [6.07, 6.45) is 4.36. The first kappa shape index (κ1) is 24.8. The number of nitrogens with zero attached hydrogens (tertiary/aromatic N) is 5. The van der Waals surface area contributed by atoms with E-state index in [1.54, 1.807) is 31.2 Å². The third-order valence-electron chi connectivity index (χ3n) is 7.78. The van der Waals surface area contributed by atoms with E-state index in [0.29, 0.717) is 53.5 Å². The average molecular weight is 543 g/mol. The number of nitrogens with one attached hydrogen (secondary N) is 3. The number of carbonyl (C=O) groups excluding carboxylic acids is 2. The number of methoxy groups -OCH3 is 1. The van der Waals surface area contributed by atoms with Crippen LogP contribution in [0.4, 0.5) is 21.2 Å². The van der Waals surface area contributed by atoms with Crippen molar-refractivity contribution in [3.8, 4) is 5.88 Å². The molecule has 0 aliphatic heterocycles. The molecule has 202 valence electrons. The number of hydrogen-bond donors (Lipinski definition) is 3. The van der Waals surface area contributed by atoms with Gasteiger partial charge in [0.05, 0.1) is 12.7 Å². The highest BCUT2D eigenvalue weighted by molar-refractivity contribution is 7.17. The lowest BCUT2D eigenvalue weighted by Crippen LogP contribution is -2.29. The van der Waals surface area contributed by atoms with Gasteiger partial charge in [-0.2, -0.15) is 0 Å². The predicted octanol–water partition coefficient (Wildman–Crippen LogP) is 3.24. The number of amides is 2. The third-order valence-corrected chi connectivity index (χ3v) is 8.99. The van der Waals surface area contributed by atoms with Gasteiger partial charge in [-0.1, -0.05) is 6.92 Å². The first-order valence-electron chi connectivity index (χ1n) is 12.9. The average Bonchev–Trinajstić information content (AvgIpc) is 3.60. The minimum Gasteiger partial charge on any atom is -0.480 e. The van der Waals surface area contributed by atoms with E-state index in [1.807, 2.05) is 4.57 Å². The van der Waals surface area contributed by atoms with Gasteiger partial charge in [-0.05, 0) is 43.6 Å². The van der Waals surface area contributed by atoms with Crippen LogP contribution in [0.15, 0.2) is 12.4 Å². The van der Waals surface area contributed by atoms with E-state index in [9.17, 15) is 14.0 Å². The monoisotopic (exact) mass is 542 g/mol. The molecule has 3 aromatic rings. The number of thiophene rings is 1. The number of carbonyl (C=O) groups is 2. The van der Waals surface area contributed by atoms with Crippen LogP contribution in [0.3, 0.4) is 0 Å². The fourth-order valence-corrected chi connectivity index (χ4v) is 6.37. The van der Waals surface area contributed by atoms with Gasteiger partial charge >= 0.3 is 0 Å². The summed E-state index contributed by atoms with van der Waals surface area (Å²) in [5.74, 6) is 1.68. The normalized spacial score (nSPS) is 25.4. The van der Waals surface area contributed by atoms with Gasteiger partial charge in [0.25, 0.3) is 5.91 Å². The van der Waals surface area contributed by atoms with Crippen molar-refractivity contribution in [2.75, 3.05) is 24.3 Å². The van der Waals surface area contributed by atoms with Crippen LogP contribution in [0, 0.1) is 17.8 Å². The van der Waals surface area contributed by atoms with Crippen LogP contribution in [0.5, 0.6) is 5.88 Å². The summed E-state index contributed by atoms with van der Waals surface area (Å²) in [7, 11) is 3.37. The molecule has 11 nitrogen and oxygen atoms in total. The second-order valence-corrected chi connectivity index (χ2v) is 11.6. The van der Waals surface area contributed by atoms with Crippen LogP contribution < -0.4 is 20.7 Å². The predicted molar refractivity (Wildman–Crippen MR) is 140 cm³/mol. The molecule has 0 aromatic carbocycles. The number of fused-ring (bicyclic) bond motifs is 1. The van der Waals surface area contributed by atoms with Crippen LogP contribution in [0.25, 0.3) is 0 Å². The van der Waals surface area contributed by atoms with Gasteiger partial charge in [-0.3, -0.25) is 14.2 Å². The Kier molecular flexibility index (Phi) is 6.33. The van der Waals surface area contributed by atoms with Crippen LogP contribution in [-0.4, -0.2) is 56.2 Å². The van der Waals surface area contributed by atoms with E-state index in [4.69, 9.17) is 4.74 Å². The molecule has 13 heteroatoms. The summed E-state index contributed by atoms with van der Waals surface area (Å²) in [4.78, 5) is 27.3. The van der Waals surface area contributed by atoms with Gasteiger partial charge in [0.1, 0.15) is 23.3 Å². The van der Waals surface area contributed by atoms with Crippen molar-refractivity contribution in [2.24, 2.45) is 24.8 Å². The molecule has 5 atom stereocenters. The number of hydrogen-bond acceptors (Lipinski definition) is 8. The number of rotatable bonds is 9. The summed E-state index contributed by atoms with van der Waals surface area (Å²) in [6, 6.07) is 1.78. The molecule has 0 bridgehead atoms. The summed E-state index contributed by atoms with van der Waals surface area (Å²) >= 11 is 1.48. The van der Waals surface area contributed by atoms with E-state index in [-0.39, 0.29) is 29.7 Å². The Bertz CT molecular complexity index is 1380.